The highest BCUT2D eigenvalue weighted by Gasteiger charge is 2.06. The van der Waals surface area contributed by atoms with E-state index in [4.69, 9.17) is 9.47 Å². The van der Waals surface area contributed by atoms with Crippen LogP contribution in [0, 0.1) is 0 Å². The Morgan fingerprint density at radius 3 is 1.94 bits per heavy atom. The lowest BCUT2D eigenvalue weighted by Gasteiger charge is -2.20. The normalized spacial score (nSPS) is 12.0. The fraction of sp³-hybridized carbons (Fsp3) is 1.00. The minimum Gasteiger partial charge on any atom is -0.379 e. The van der Waals surface area contributed by atoms with E-state index in [0.29, 0.717) is 0 Å². The molecule has 0 aromatic rings. The van der Waals surface area contributed by atoms with Crippen LogP contribution in [0.4, 0.5) is 0 Å². The van der Waals surface area contributed by atoms with Gasteiger partial charge in [0, 0.05) is 18.8 Å². The first kappa shape index (κ1) is 17.9. The first-order valence-corrected chi connectivity index (χ1v) is 7.47. The van der Waals surface area contributed by atoms with Crippen LogP contribution in [0.3, 0.4) is 0 Å². The lowest BCUT2D eigenvalue weighted by Crippen LogP contribution is -2.36. The maximum atomic E-state index is 5.52. The molecule has 0 aromatic heterocycles. The molecule has 18 heavy (non-hydrogen) atoms. The average molecular weight is 259 g/mol. The van der Waals surface area contributed by atoms with E-state index >= 15 is 0 Å². The van der Waals surface area contributed by atoms with Crippen LogP contribution in [0.25, 0.3) is 0 Å². The molecule has 0 spiro atoms. The smallest absolute Gasteiger partial charge is 0.0700 e. The number of unbranched alkanes of at least 4 members (excludes halogenated alkanes) is 3. The van der Waals surface area contributed by atoms with Gasteiger partial charge in [0.05, 0.1) is 13.2 Å². The summed E-state index contributed by atoms with van der Waals surface area (Å²) >= 11 is 0. The van der Waals surface area contributed by atoms with Crippen molar-refractivity contribution in [2.45, 2.75) is 65.3 Å². The molecule has 3 heteroatoms. The molecule has 0 unspecified atom stereocenters. The number of ether oxygens (including phenoxy) is 2. The zero-order valence-electron chi connectivity index (χ0n) is 12.9. The van der Waals surface area contributed by atoms with E-state index in [1.165, 1.54) is 19.3 Å². The zero-order chi connectivity index (χ0) is 13.7. The second kappa shape index (κ2) is 11.9. The van der Waals surface area contributed by atoms with Crippen LogP contribution in [-0.2, 0) is 9.47 Å². The molecule has 0 fully saturated rings. The molecule has 0 rings (SSSR count). The minimum atomic E-state index is 0.242. The van der Waals surface area contributed by atoms with E-state index in [0.717, 1.165) is 45.8 Å². The van der Waals surface area contributed by atoms with Crippen LogP contribution in [0.1, 0.15) is 59.8 Å². The van der Waals surface area contributed by atoms with Crippen molar-refractivity contribution in [3.05, 3.63) is 0 Å². The Balaban J connectivity index is 2.99. The Morgan fingerprint density at radius 1 is 0.778 bits per heavy atom. The summed E-state index contributed by atoms with van der Waals surface area (Å²) in [4.78, 5) is 0. The van der Waals surface area contributed by atoms with Crippen LogP contribution in [0.5, 0.6) is 0 Å². The Hall–Kier alpha value is -0.120. The van der Waals surface area contributed by atoms with E-state index < -0.39 is 0 Å². The molecule has 0 atom stereocenters. The van der Waals surface area contributed by atoms with Gasteiger partial charge in [0.2, 0.25) is 0 Å². The molecule has 3 nitrogen and oxygen atoms in total. The highest BCUT2D eigenvalue weighted by Crippen LogP contribution is 2.00. The third kappa shape index (κ3) is 15.9. The molecule has 0 aromatic carbocycles. The molecule has 0 radical (unpaired) electrons. The second-order valence-electron chi connectivity index (χ2n) is 5.82. The zero-order valence-corrected chi connectivity index (χ0v) is 12.9. The predicted octanol–water partition coefficient (Wildman–Crippen LogP) is 3.38. The van der Waals surface area contributed by atoms with Crippen LogP contribution >= 0.6 is 0 Å². The number of rotatable bonds is 12. The highest BCUT2D eigenvalue weighted by atomic mass is 16.5. The van der Waals surface area contributed by atoms with Crippen LogP contribution < -0.4 is 5.32 Å². The summed E-state index contributed by atoms with van der Waals surface area (Å²) in [6, 6.07) is 0. The average Bonchev–Trinajstić information content (AvgIpc) is 2.29. The van der Waals surface area contributed by atoms with Crippen LogP contribution in [-0.4, -0.2) is 38.5 Å². The van der Waals surface area contributed by atoms with Gasteiger partial charge in [-0.15, -0.1) is 0 Å². The third-order valence-electron chi connectivity index (χ3n) is 2.64. The Kier molecular flexibility index (Phi) is 11.9. The molecule has 0 aliphatic rings. The van der Waals surface area contributed by atoms with Gasteiger partial charge in [-0.25, -0.2) is 0 Å². The lowest BCUT2D eigenvalue weighted by molar-refractivity contribution is 0.0453. The van der Waals surface area contributed by atoms with E-state index in [9.17, 15) is 0 Å². The second-order valence-corrected chi connectivity index (χ2v) is 5.82. The molecule has 0 aliphatic carbocycles. The summed E-state index contributed by atoms with van der Waals surface area (Å²) in [5.74, 6) is 0. The van der Waals surface area contributed by atoms with Crippen LogP contribution in [0.15, 0.2) is 0 Å². The fourth-order valence-electron chi connectivity index (χ4n) is 1.54. The predicted molar refractivity (Wildman–Crippen MR) is 78.2 cm³/mol. The standard InChI is InChI=1S/C15H33NO2/c1-5-6-11-17-13-14-18-12-9-7-8-10-16-15(2,3)4/h16H,5-14H2,1-4H3. The Bertz CT molecular complexity index is 166. The lowest BCUT2D eigenvalue weighted by atomic mass is 10.1. The van der Waals surface area contributed by atoms with Gasteiger partial charge in [-0.2, -0.15) is 0 Å². The molecule has 1 N–H and O–H groups in total. The Morgan fingerprint density at radius 2 is 1.39 bits per heavy atom. The first-order chi connectivity index (χ1) is 8.56. The van der Waals surface area contributed by atoms with Crippen LogP contribution in [0.2, 0.25) is 0 Å². The summed E-state index contributed by atoms with van der Waals surface area (Å²) in [5.41, 5.74) is 0.242. The number of hydrogen-bond donors (Lipinski definition) is 1. The first-order valence-electron chi connectivity index (χ1n) is 7.47. The van der Waals surface area contributed by atoms with Crippen molar-refractivity contribution in [2.75, 3.05) is 33.0 Å². The molecule has 0 heterocycles. The monoisotopic (exact) mass is 259 g/mol. The largest absolute Gasteiger partial charge is 0.379 e. The molecular weight excluding hydrogens is 226 g/mol. The van der Waals surface area contributed by atoms with Crippen molar-refractivity contribution in [2.24, 2.45) is 0 Å². The minimum absolute atomic E-state index is 0.242. The molecule has 110 valence electrons. The molecule has 0 amide bonds. The summed E-state index contributed by atoms with van der Waals surface area (Å²) < 4.78 is 10.9. The summed E-state index contributed by atoms with van der Waals surface area (Å²) in [6.45, 7) is 13.1. The maximum absolute atomic E-state index is 5.52. The topological polar surface area (TPSA) is 30.5 Å². The van der Waals surface area contributed by atoms with E-state index in [-0.39, 0.29) is 5.54 Å². The highest BCUT2D eigenvalue weighted by molar-refractivity contribution is 4.69. The molecule has 0 aliphatic heterocycles. The van der Waals surface area contributed by atoms with Gasteiger partial charge in [-0.1, -0.05) is 13.3 Å². The maximum Gasteiger partial charge on any atom is 0.0700 e. The SMILES string of the molecule is CCCCOCCOCCCCCNC(C)(C)C. The summed E-state index contributed by atoms with van der Waals surface area (Å²) in [7, 11) is 0. The van der Waals surface area contributed by atoms with Crippen molar-refractivity contribution in [1.82, 2.24) is 5.32 Å². The van der Waals surface area contributed by atoms with E-state index in [1.54, 1.807) is 0 Å². The molecule has 0 saturated carbocycles. The molecule has 0 saturated heterocycles. The molecular formula is C15H33NO2. The summed E-state index contributed by atoms with van der Waals surface area (Å²) in [5, 5.41) is 3.49. The van der Waals surface area contributed by atoms with Gasteiger partial charge in [-0.3, -0.25) is 0 Å². The van der Waals surface area contributed by atoms with Gasteiger partial charge in [0.1, 0.15) is 0 Å². The van der Waals surface area contributed by atoms with Gasteiger partial charge < -0.3 is 14.8 Å². The summed E-state index contributed by atoms with van der Waals surface area (Å²) in [6.07, 6.45) is 5.97. The van der Waals surface area contributed by atoms with Crippen molar-refractivity contribution in [3.8, 4) is 0 Å². The van der Waals surface area contributed by atoms with Gasteiger partial charge in [-0.05, 0) is 53.0 Å². The third-order valence-corrected chi connectivity index (χ3v) is 2.64. The van der Waals surface area contributed by atoms with E-state index in [1.807, 2.05) is 0 Å². The van der Waals surface area contributed by atoms with Gasteiger partial charge in [0.15, 0.2) is 0 Å². The van der Waals surface area contributed by atoms with Gasteiger partial charge >= 0.3 is 0 Å². The number of hydrogen-bond acceptors (Lipinski definition) is 3. The van der Waals surface area contributed by atoms with Crippen molar-refractivity contribution in [3.63, 3.8) is 0 Å². The van der Waals surface area contributed by atoms with Crippen molar-refractivity contribution < 1.29 is 9.47 Å². The van der Waals surface area contributed by atoms with Crippen molar-refractivity contribution in [1.29, 1.82) is 0 Å². The Labute approximate surface area is 114 Å². The molecule has 0 bridgehead atoms. The van der Waals surface area contributed by atoms with E-state index in [2.05, 4.69) is 33.0 Å². The quantitative estimate of drug-likeness (QED) is 0.545. The van der Waals surface area contributed by atoms with Gasteiger partial charge in [0.25, 0.3) is 0 Å². The van der Waals surface area contributed by atoms with Crippen molar-refractivity contribution >= 4 is 0 Å². The number of nitrogens with one attached hydrogen (secondary N) is 1. The fourth-order valence-corrected chi connectivity index (χ4v) is 1.54.